The monoisotopic (exact) mass is 510 g/mol. The lowest BCUT2D eigenvalue weighted by molar-refractivity contribution is -0.0820. The molecule has 0 bridgehead atoms. The topological polar surface area (TPSA) is 9.23 Å². The summed E-state index contributed by atoms with van der Waals surface area (Å²) >= 11 is 0. The highest BCUT2D eigenvalue weighted by atomic mass is 19.4. The summed E-state index contributed by atoms with van der Waals surface area (Å²) in [6.45, 7) is 4.67. The predicted octanol–water partition coefficient (Wildman–Crippen LogP) is 9.55. The van der Waals surface area contributed by atoms with Crippen LogP contribution < -0.4 is 0 Å². The van der Waals surface area contributed by atoms with Crippen LogP contribution in [0.5, 0.6) is 0 Å². The van der Waals surface area contributed by atoms with E-state index in [9.17, 15) is 17.6 Å². The molecular formula is C30H39F5O. The molecule has 3 aliphatic rings. The standard InChI is InChI=1S/C30H39F5O/c1-2-3-4-20-5-16-29(36-19-20)24-12-6-21(7-13-24)25-14-15-26(27(31)17-25)22-8-10-23(11-9-22)28(32)18-30(33,34)35/h2,14-15,17-18,20-24,29H,1,3-13,16,19H2/b28-18-. The van der Waals surface area contributed by atoms with E-state index in [2.05, 4.69) is 6.58 Å². The van der Waals surface area contributed by atoms with E-state index in [1.165, 1.54) is 6.42 Å². The van der Waals surface area contributed by atoms with E-state index in [1.54, 1.807) is 6.07 Å². The van der Waals surface area contributed by atoms with Crippen LogP contribution in [0.4, 0.5) is 22.0 Å². The van der Waals surface area contributed by atoms with Crippen LogP contribution in [0.25, 0.3) is 0 Å². The van der Waals surface area contributed by atoms with Crippen molar-refractivity contribution >= 4 is 0 Å². The Labute approximate surface area is 212 Å². The van der Waals surface area contributed by atoms with Crippen LogP contribution in [0.3, 0.4) is 0 Å². The van der Waals surface area contributed by atoms with Gasteiger partial charge in [0.05, 0.1) is 12.2 Å². The summed E-state index contributed by atoms with van der Waals surface area (Å²) in [5, 5.41) is 0. The number of ether oxygens (including phenoxy) is 1. The zero-order chi connectivity index (χ0) is 25.7. The van der Waals surface area contributed by atoms with Crippen molar-refractivity contribution in [2.45, 2.75) is 101 Å². The highest BCUT2D eigenvalue weighted by molar-refractivity contribution is 5.30. The molecule has 0 aromatic heterocycles. The minimum Gasteiger partial charge on any atom is -0.378 e. The molecule has 1 aromatic carbocycles. The SMILES string of the molecule is C=CCCC1CCC(C2CCC(c3ccc(C4CCC(/C(F)=C/C(F)(F)F)CC4)c(F)c3)CC2)OC1. The Kier molecular flexibility index (Phi) is 9.29. The van der Waals surface area contributed by atoms with Gasteiger partial charge in [-0.2, -0.15) is 13.2 Å². The van der Waals surface area contributed by atoms with Gasteiger partial charge in [0.2, 0.25) is 0 Å². The first-order chi connectivity index (χ1) is 17.2. The van der Waals surface area contributed by atoms with E-state index >= 15 is 4.39 Å². The Morgan fingerprint density at radius 1 is 0.944 bits per heavy atom. The average Bonchev–Trinajstić information content (AvgIpc) is 2.87. The summed E-state index contributed by atoms with van der Waals surface area (Å²) in [6.07, 6.45) is 7.98. The third kappa shape index (κ3) is 7.20. The Morgan fingerprint density at radius 3 is 2.22 bits per heavy atom. The van der Waals surface area contributed by atoms with Gasteiger partial charge in [-0.15, -0.1) is 6.58 Å². The minimum absolute atomic E-state index is 0.0662. The molecule has 1 nitrogen and oxygen atoms in total. The molecule has 2 saturated carbocycles. The number of hydrogen-bond acceptors (Lipinski definition) is 1. The fourth-order valence-electron chi connectivity index (χ4n) is 6.69. The molecule has 36 heavy (non-hydrogen) atoms. The highest BCUT2D eigenvalue weighted by Gasteiger charge is 2.33. The van der Waals surface area contributed by atoms with Gasteiger partial charge in [0.25, 0.3) is 0 Å². The fourth-order valence-corrected chi connectivity index (χ4v) is 6.69. The Balaban J connectivity index is 1.26. The first-order valence-corrected chi connectivity index (χ1v) is 13.7. The molecular weight excluding hydrogens is 471 g/mol. The number of alkyl halides is 3. The molecule has 0 amide bonds. The molecule has 1 aliphatic heterocycles. The molecule has 1 saturated heterocycles. The van der Waals surface area contributed by atoms with Gasteiger partial charge in [-0.25, -0.2) is 8.78 Å². The number of rotatable bonds is 7. The largest absolute Gasteiger partial charge is 0.412 e. The lowest BCUT2D eigenvalue weighted by Crippen LogP contribution is -2.34. The third-order valence-corrected chi connectivity index (χ3v) is 8.84. The molecule has 0 N–H and O–H groups in total. The highest BCUT2D eigenvalue weighted by Crippen LogP contribution is 2.43. The van der Waals surface area contributed by atoms with Gasteiger partial charge in [-0.05, 0) is 118 Å². The molecule has 0 spiro atoms. The van der Waals surface area contributed by atoms with Crippen molar-refractivity contribution in [3.05, 3.63) is 59.7 Å². The number of benzene rings is 1. The zero-order valence-corrected chi connectivity index (χ0v) is 21.0. The van der Waals surface area contributed by atoms with Crippen molar-refractivity contribution in [2.24, 2.45) is 17.8 Å². The van der Waals surface area contributed by atoms with Crippen molar-refractivity contribution in [3.8, 4) is 0 Å². The number of hydrogen-bond donors (Lipinski definition) is 0. The van der Waals surface area contributed by atoms with Crippen molar-refractivity contribution in [1.82, 2.24) is 0 Å². The van der Waals surface area contributed by atoms with Gasteiger partial charge in [0, 0.05) is 12.5 Å². The van der Waals surface area contributed by atoms with Crippen LogP contribution in [-0.2, 0) is 4.74 Å². The van der Waals surface area contributed by atoms with Crippen LogP contribution in [0, 0.1) is 23.6 Å². The zero-order valence-electron chi connectivity index (χ0n) is 21.0. The second kappa shape index (κ2) is 12.2. The van der Waals surface area contributed by atoms with E-state index in [4.69, 9.17) is 4.74 Å². The molecule has 200 valence electrons. The molecule has 2 atom stereocenters. The maximum atomic E-state index is 15.1. The van der Waals surface area contributed by atoms with Crippen LogP contribution in [-0.4, -0.2) is 18.9 Å². The van der Waals surface area contributed by atoms with Crippen LogP contribution in [0.15, 0.2) is 42.8 Å². The third-order valence-electron chi connectivity index (χ3n) is 8.84. The van der Waals surface area contributed by atoms with E-state index in [-0.39, 0.29) is 17.8 Å². The second-order valence-corrected chi connectivity index (χ2v) is 11.2. The van der Waals surface area contributed by atoms with E-state index in [0.29, 0.717) is 55.1 Å². The average molecular weight is 511 g/mol. The van der Waals surface area contributed by atoms with E-state index in [0.717, 1.165) is 57.1 Å². The molecule has 1 aromatic rings. The summed E-state index contributed by atoms with van der Waals surface area (Å²) in [6, 6.07) is 5.55. The Hall–Kier alpha value is -1.69. The first-order valence-electron chi connectivity index (χ1n) is 13.7. The van der Waals surface area contributed by atoms with Crippen LogP contribution in [0.2, 0.25) is 0 Å². The molecule has 3 fully saturated rings. The van der Waals surface area contributed by atoms with Crippen molar-refractivity contribution in [2.75, 3.05) is 6.61 Å². The van der Waals surface area contributed by atoms with Crippen LogP contribution >= 0.6 is 0 Å². The lowest BCUT2D eigenvalue weighted by atomic mass is 9.74. The second-order valence-electron chi connectivity index (χ2n) is 11.2. The van der Waals surface area contributed by atoms with Crippen molar-refractivity contribution in [3.63, 3.8) is 0 Å². The molecule has 6 heteroatoms. The van der Waals surface area contributed by atoms with E-state index in [1.807, 2.05) is 18.2 Å². The van der Waals surface area contributed by atoms with Crippen molar-refractivity contribution in [1.29, 1.82) is 0 Å². The fraction of sp³-hybridized carbons (Fsp3) is 0.667. The van der Waals surface area contributed by atoms with Crippen LogP contribution in [0.1, 0.15) is 100 Å². The van der Waals surface area contributed by atoms with Crippen molar-refractivity contribution < 1.29 is 26.7 Å². The number of halogens is 5. The minimum atomic E-state index is -4.64. The van der Waals surface area contributed by atoms with Gasteiger partial charge < -0.3 is 4.74 Å². The molecule has 0 radical (unpaired) electrons. The summed E-state index contributed by atoms with van der Waals surface area (Å²) in [7, 11) is 0. The Bertz CT molecular complexity index is 883. The van der Waals surface area contributed by atoms with Gasteiger partial charge in [-0.3, -0.25) is 0 Å². The lowest BCUT2D eigenvalue weighted by Gasteiger charge is -2.38. The quantitative estimate of drug-likeness (QED) is 0.262. The smallest absolute Gasteiger partial charge is 0.378 e. The Morgan fingerprint density at radius 2 is 1.64 bits per heavy atom. The maximum absolute atomic E-state index is 15.1. The van der Waals surface area contributed by atoms with E-state index < -0.39 is 17.9 Å². The predicted molar refractivity (Wildman–Crippen MR) is 133 cm³/mol. The van der Waals surface area contributed by atoms with Gasteiger partial charge in [-0.1, -0.05) is 18.2 Å². The molecule has 2 aliphatic carbocycles. The number of allylic oxidation sites excluding steroid dienone is 3. The first kappa shape index (κ1) is 27.3. The molecule has 2 unspecified atom stereocenters. The molecule has 4 rings (SSSR count). The summed E-state index contributed by atoms with van der Waals surface area (Å²) < 4.78 is 72.6. The normalized spacial score (nSPS) is 32.3. The summed E-state index contributed by atoms with van der Waals surface area (Å²) in [4.78, 5) is 0. The summed E-state index contributed by atoms with van der Waals surface area (Å²) in [5.41, 5.74) is 1.66. The van der Waals surface area contributed by atoms with Gasteiger partial charge >= 0.3 is 6.18 Å². The van der Waals surface area contributed by atoms with Gasteiger partial charge in [0.15, 0.2) is 0 Å². The maximum Gasteiger partial charge on any atom is 0.412 e. The summed E-state index contributed by atoms with van der Waals surface area (Å²) in [5.74, 6) is -0.514. The molecule has 1 heterocycles. The van der Waals surface area contributed by atoms with Gasteiger partial charge in [0.1, 0.15) is 11.6 Å².